The summed E-state index contributed by atoms with van der Waals surface area (Å²) < 4.78 is 60.6. The van der Waals surface area contributed by atoms with Gasteiger partial charge in [0, 0.05) is 36.9 Å². The largest absolute Gasteiger partial charge is 0.381 e. The van der Waals surface area contributed by atoms with Crippen molar-refractivity contribution in [3.05, 3.63) is 70.3 Å². The third-order valence-electron chi connectivity index (χ3n) is 12.8. The first kappa shape index (κ1) is 40.8. The summed E-state index contributed by atoms with van der Waals surface area (Å²) in [7, 11) is 0. The molecule has 0 spiro atoms. The van der Waals surface area contributed by atoms with Crippen molar-refractivity contribution in [2.45, 2.75) is 154 Å². The van der Waals surface area contributed by atoms with Crippen LogP contribution in [0.15, 0.2) is 36.4 Å². The molecule has 2 aliphatic carbocycles. The van der Waals surface area contributed by atoms with Crippen molar-refractivity contribution in [2.75, 3.05) is 39.6 Å². The Morgan fingerprint density at radius 3 is 1.30 bits per heavy atom. The minimum absolute atomic E-state index is 0.0644. The van der Waals surface area contributed by atoms with Crippen molar-refractivity contribution in [1.29, 1.82) is 0 Å². The van der Waals surface area contributed by atoms with E-state index in [2.05, 4.69) is 26.0 Å². The van der Waals surface area contributed by atoms with E-state index in [1.54, 1.807) is 12.1 Å². The fourth-order valence-electron chi connectivity index (χ4n) is 9.30. The molecular weight excluding hydrogens is 670 g/mol. The van der Waals surface area contributed by atoms with Gasteiger partial charge in [0.05, 0.1) is 26.4 Å². The van der Waals surface area contributed by atoms with Crippen LogP contribution in [0.3, 0.4) is 0 Å². The first-order chi connectivity index (χ1) is 26.0. The molecule has 2 saturated heterocycles. The molecule has 0 unspecified atom stereocenters. The van der Waals surface area contributed by atoms with E-state index in [0.29, 0.717) is 61.6 Å². The van der Waals surface area contributed by atoms with Crippen LogP contribution < -0.4 is 0 Å². The van der Waals surface area contributed by atoms with E-state index in [4.69, 9.17) is 23.7 Å². The van der Waals surface area contributed by atoms with E-state index in [1.807, 2.05) is 12.1 Å². The molecule has 0 radical (unpaired) electrons. The van der Waals surface area contributed by atoms with Gasteiger partial charge in [-0.2, -0.15) is 0 Å². The highest BCUT2D eigenvalue weighted by molar-refractivity contribution is 5.28. The van der Waals surface area contributed by atoms with Gasteiger partial charge in [0.25, 0.3) is 0 Å². The number of unbranched alkanes of at least 4 members (excludes halogenated alkanes) is 2. The Labute approximate surface area is 319 Å². The summed E-state index contributed by atoms with van der Waals surface area (Å²) in [5.41, 5.74) is 3.76. The lowest BCUT2D eigenvalue weighted by atomic mass is 9.78. The van der Waals surface area contributed by atoms with Crippen molar-refractivity contribution in [2.24, 2.45) is 23.7 Å². The van der Waals surface area contributed by atoms with E-state index >= 15 is 8.78 Å². The van der Waals surface area contributed by atoms with Gasteiger partial charge >= 0.3 is 0 Å². The maximum absolute atomic E-state index is 15.1. The molecule has 2 heterocycles. The number of halogens is 2. The lowest BCUT2D eigenvalue weighted by Gasteiger charge is -2.37. The maximum Gasteiger partial charge on any atom is 0.160 e. The summed E-state index contributed by atoms with van der Waals surface area (Å²) in [6.07, 6.45) is 18.5. The highest BCUT2D eigenvalue weighted by Gasteiger charge is 2.34. The zero-order chi connectivity index (χ0) is 36.8. The predicted octanol–water partition coefficient (Wildman–Crippen LogP) is 11.5. The fraction of sp³-hybridized carbons (Fsp3) is 0.739. The van der Waals surface area contributed by atoms with E-state index in [1.165, 1.54) is 38.5 Å². The Bertz CT molecular complexity index is 1240. The number of rotatable bonds is 18. The van der Waals surface area contributed by atoms with Crippen molar-refractivity contribution in [1.82, 2.24) is 0 Å². The Balaban J connectivity index is 0.823. The molecule has 296 valence electrons. The first-order valence-corrected chi connectivity index (χ1v) is 21.6. The minimum atomic E-state index is -0.100. The molecule has 2 aliphatic heterocycles. The molecule has 2 aromatic rings. The normalized spacial score (nSPS) is 29.7. The molecule has 53 heavy (non-hydrogen) atoms. The van der Waals surface area contributed by atoms with Crippen molar-refractivity contribution >= 4 is 0 Å². The van der Waals surface area contributed by atoms with E-state index in [-0.39, 0.29) is 24.2 Å². The van der Waals surface area contributed by atoms with Crippen molar-refractivity contribution < 1.29 is 32.5 Å². The Kier molecular flexibility index (Phi) is 16.5. The van der Waals surface area contributed by atoms with Crippen LogP contribution in [-0.2, 0) is 36.5 Å². The molecule has 5 nitrogen and oxygen atoms in total. The maximum atomic E-state index is 15.1. The smallest absolute Gasteiger partial charge is 0.160 e. The minimum Gasteiger partial charge on any atom is -0.381 e. The monoisotopic (exact) mass is 739 g/mol. The number of hydrogen-bond donors (Lipinski definition) is 0. The highest BCUT2D eigenvalue weighted by atomic mass is 19.1. The van der Waals surface area contributed by atoms with Gasteiger partial charge in [-0.05, 0) is 136 Å². The Hall–Kier alpha value is -1.90. The molecule has 4 fully saturated rings. The summed E-state index contributed by atoms with van der Waals surface area (Å²) in [4.78, 5) is 0. The second-order valence-corrected chi connectivity index (χ2v) is 16.8. The highest BCUT2D eigenvalue weighted by Crippen LogP contribution is 2.41. The molecule has 0 aromatic heterocycles. The first-order valence-electron chi connectivity index (χ1n) is 21.6. The molecule has 0 atom stereocenters. The average molecular weight is 739 g/mol. The second-order valence-electron chi connectivity index (χ2n) is 16.8. The van der Waals surface area contributed by atoms with Crippen LogP contribution in [0.5, 0.6) is 0 Å². The summed E-state index contributed by atoms with van der Waals surface area (Å²) in [6, 6.07) is 11.7. The molecule has 2 saturated carbocycles. The number of aryl methyl sites for hydroxylation is 2. The van der Waals surface area contributed by atoms with Crippen molar-refractivity contribution in [3.8, 4) is 0 Å². The lowest BCUT2D eigenvalue weighted by molar-refractivity contribution is -0.229. The molecular formula is C46H68F2O5. The number of hydrogen-bond acceptors (Lipinski definition) is 5. The van der Waals surface area contributed by atoms with Crippen LogP contribution in [0, 0.1) is 35.3 Å². The fourth-order valence-corrected chi connectivity index (χ4v) is 9.30. The Morgan fingerprint density at radius 2 is 0.943 bits per heavy atom. The quantitative estimate of drug-likeness (QED) is 0.143. The SMILES string of the molecule is CCCCC1COC(C2CCC(c3ccc(CCCOCCCc4ccc(C5CCC(C6OCC(CCCC)CO6)CC5)cc4F)c(F)c3)CC2)OC1. The van der Waals surface area contributed by atoms with Crippen LogP contribution in [0.25, 0.3) is 0 Å². The molecule has 4 aliphatic rings. The van der Waals surface area contributed by atoms with Crippen LogP contribution >= 0.6 is 0 Å². The molecule has 0 bridgehead atoms. The zero-order valence-corrected chi connectivity index (χ0v) is 32.9. The molecule has 6 rings (SSSR count). The topological polar surface area (TPSA) is 46.2 Å². The predicted molar refractivity (Wildman–Crippen MR) is 207 cm³/mol. The summed E-state index contributed by atoms with van der Waals surface area (Å²) >= 11 is 0. The lowest BCUT2D eigenvalue weighted by Crippen LogP contribution is -2.38. The van der Waals surface area contributed by atoms with Crippen LogP contribution in [-0.4, -0.2) is 52.2 Å². The van der Waals surface area contributed by atoms with Gasteiger partial charge in [-0.15, -0.1) is 0 Å². The van der Waals surface area contributed by atoms with Gasteiger partial charge < -0.3 is 23.7 Å². The Morgan fingerprint density at radius 1 is 0.547 bits per heavy atom. The third-order valence-corrected chi connectivity index (χ3v) is 12.8. The van der Waals surface area contributed by atoms with Crippen molar-refractivity contribution in [3.63, 3.8) is 0 Å². The van der Waals surface area contributed by atoms with E-state index < -0.39 is 0 Å². The van der Waals surface area contributed by atoms with Gasteiger partial charge in [-0.25, -0.2) is 8.78 Å². The van der Waals surface area contributed by atoms with Crippen LogP contribution in [0.1, 0.15) is 151 Å². The summed E-state index contributed by atoms with van der Waals surface area (Å²) in [6.45, 7) is 8.92. The van der Waals surface area contributed by atoms with Gasteiger partial charge in [-0.1, -0.05) is 63.8 Å². The third kappa shape index (κ3) is 12.0. The van der Waals surface area contributed by atoms with Crippen LogP contribution in [0.2, 0.25) is 0 Å². The van der Waals surface area contributed by atoms with E-state index in [9.17, 15) is 0 Å². The molecule has 7 heteroatoms. The van der Waals surface area contributed by atoms with Crippen LogP contribution in [0.4, 0.5) is 8.78 Å². The van der Waals surface area contributed by atoms with Gasteiger partial charge in [0.15, 0.2) is 12.6 Å². The standard InChI is InChI=1S/C46H68F2O5/c1-3-5-9-33-29-50-45(51-30-33)39-19-13-35(14-20-39)41-23-17-37(43(47)27-41)11-7-25-49-26-8-12-38-18-24-42(28-44(38)48)36-15-21-40(22-16-36)46-52-31-34(32-53-46)10-6-4-2/h17-18,23-24,27-28,33-36,39-40,45-46H,3-16,19-22,25-26,29-32H2,1-2H3. The van der Waals surface area contributed by atoms with Gasteiger partial charge in [-0.3, -0.25) is 0 Å². The number of benzene rings is 2. The van der Waals surface area contributed by atoms with Gasteiger partial charge in [0.1, 0.15) is 11.6 Å². The zero-order valence-electron chi connectivity index (χ0n) is 32.9. The van der Waals surface area contributed by atoms with Gasteiger partial charge in [0.2, 0.25) is 0 Å². The second kappa shape index (κ2) is 21.4. The number of ether oxygens (including phenoxy) is 5. The molecule has 2 aromatic carbocycles. The average Bonchev–Trinajstić information content (AvgIpc) is 3.20. The molecule has 0 N–H and O–H groups in total. The summed E-state index contributed by atoms with van der Waals surface area (Å²) in [5.74, 6) is 2.58. The molecule has 0 amide bonds. The van der Waals surface area contributed by atoms with E-state index in [0.717, 1.165) is 113 Å². The summed E-state index contributed by atoms with van der Waals surface area (Å²) in [5, 5.41) is 0.